The fourth-order valence-corrected chi connectivity index (χ4v) is 2.75. The van der Waals surface area contributed by atoms with Gasteiger partial charge in [0.2, 0.25) is 11.0 Å². The van der Waals surface area contributed by atoms with E-state index in [1.807, 2.05) is 6.92 Å². The molecule has 0 radical (unpaired) electrons. The van der Waals surface area contributed by atoms with Gasteiger partial charge < -0.3 is 5.32 Å². The molecular weight excluding hydrogens is 306 g/mol. The van der Waals surface area contributed by atoms with Crippen LogP contribution in [-0.4, -0.2) is 22.0 Å². The minimum atomic E-state index is -0.0318. The van der Waals surface area contributed by atoms with Crippen LogP contribution in [-0.2, 0) is 17.6 Å². The molecule has 0 saturated carbocycles. The van der Waals surface area contributed by atoms with E-state index in [0.29, 0.717) is 17.4 Å². The predicted octanol–water partition coefficient (Wildman–Crippen LogP) is 3.59. The Hall–Kier alpha value is -1.46. The van der Waals surface area contributed by atoms with Crippen LogP contribution in [0.4, 0.5) is 5.13 Å². The Labute approximate surface area is 133 Å². The second-order valence-electron chi connectivity index (χ2n) is 4.83. The standard InChI is InChI=1S/C15H18ClN3OS/c1-11-4-6-12(7-5-11)8-9-13(20)17-15-19-18-14(21-15)3-2-10-16/h4-7H,2-3,8-10H2,1H3,(H,17,19,20). The first-order valence-electron chi connectivity index (χ1n) is 6.91. The molecular formula is C15H18ClN3OS. The maximum atomic E-state index is 11.9. The van der Waals surface area contributed by atoms with Crippen LogP contribution in [0.5, 0.6) is 0 Å². The van der Waals surface area contributed by atoms with Gasteiger partial charge in [0, 0.05) is 18.7 Å². The highest BCUT2D eigenvalue weighted by Gasteiger charge is 2.08. The summed E-state index contributed by atoms with van der Waals surface area (Å²) in [6.45, 7) is 2.05. The van der Waals surface area contributed by atoms with Gasteiger partial charge in [0.1, 0.15) is 5.01 Å². The number of halogens is 1. The molecule has 1 aromatic heterocycles. The van der Waals surface area contributed by atoms with E-state index in [1.54, 1.807) is 0 Å². The number of aromatic nitrogens is 2. The fourth-order valence-electron chi connectivity index (χ4n) is 1.82. The van der Waals surface area contributed by atoms with Crippen molar-refractivity contribution >= 4 is 34.0 Å². The largest absolute Gasteiger partial charge is 0.301 e. The summed E-state index contributed by atoms with van der Waals surface area (Å²) in [6.07, 6.45) is 2.85. The molecule has 1 N–H and O–H groups in total. The number of alkyl halides is 1. The maximum absolute atomic E-state index is 11.9. The van der Waals surface area contributed by atoms with E-state index in [0.717, 1.165) is 29.8 Å². The quantitative estimate of drug-likeness (QED) is 0.792. The summed E-state index contributed by atoms with van der Waals surface area (Å²) >= 11 is 7.05. The lowest BCUT2D eigenvalue weighted by Crippen LogP contribution is -2.12. The Morgan fingerprint density at radius 3 is 2.71 bits per heavy atom. The van der Waals surface area contributed by atoms with Crippen molar-refractivity contribution in [1.82, 2.24) is 10.2 Å². The van der Waals surface area contributed by atoms with Gasteiger partial charge in [-0.1, -0.05) is 41.2 Å². The van der Waals surface area contributed by atoms with Crippen molar-refractivity contribution in [1.29, 1.82) is 0 Å². The summed E-state index contributed by atoms with van der Waals surface area (Å²) in [6, 6.07) is 8.22. The summed E-state index contributed by atoms with van der Waals surface area (Å²) in [5.74, 6) is 0.577. The number of rotatable bonds is 7. The lowest BCUT2D eigenvalue weighted by atomic mass is 10.1. The molecule has 112 valence electrons. The third-order valence-corrected chi connectivity index (χ3v) is 4.16. The van der Waals surface area contributed by atoms with Gasteiger partial charge in [-0.05, 0) is 25.3 Å². The van der Waals surface area contributed by atoms with Crippen molar-refractivity contribution in [3.8, 4) is 0 Å². The summed E-state index contributed by atoms with van der Waals surface area (Å²) in [5, 5.41) is 12.3. The maximum Gasteiger partial charge on any atom is 0.226 e. The van der Waals surface area contributed by atoms with E-state index in [4.69, 9.17) is 11.6 Å². The summed E-state index contributed by atoms with van der Waals surface area (Å²) < 4.78 is 0. The third kappa shape index (κ3) is 5.44. The van der Waals surface area contributed by atoms with Crippen LogP contribution >= 0.6 is 22.9 Å². The number of amides is 1. The van der Waals surface area contributed by atoms with Crippen molar-refractivity contribution in [2.24, 2.45) is 0 Å². The Morgan fingerprint density at radius 1 is 1.24 bits per heavy atom. The smallest absolute Gasteiger partial charge is 0.226 e. The summed E-state index contributed by atoms with van der Waals surface area (Å²) in [4.78, 5) is 11.9. The number of hydrogen-bond acceptors (Lipinski definition) is 4. The van der Waals surface area contributed by atoms with Gasteiger partial charge in [-0.2, -0.15) is 0 Å². The van der Waals surface area contributed by atoms with Gasteiger partial charge in [0.25, 0.3) is 0 Å². The Kier molecular flexibility index (Phi) is 6.14. The second-order valence-corrected chi connectivity index (χ2v) is 6.27. The number of carbonyl (C=O) groups is 1. The number of carbonyl (C=O) groups excluding carboxylic acids is 1. The zero-order valence-corrected chi connectivity index (χ0v) is 13.5. The highest BCUT2D eigenvalue weighted by Crippen LogP contribution is 2.17. The molecule has 4 nitrogen and oxygen atoms in total. The minimum absolute atomic E-state index is 0.0318. The lowest BCUT2D eigenvalue weighted by Gasteiger charge is -2.02. The molecule has 2 rings (SSSR count). The van der Waals surface area contributed by atoms with Gasteiger partial charge in [-0.15, -0.1) is 21.8 Å². The lowest BCUT2D eigenvalue weighted by molar-refractivity contribution is -0.116. The number of anilines is 1. The third-order valence-electron chi connectivity index (χ3n) is 3.00. The molecule has 1 amide bonds. The van der Waals surface area contributed by atoms with Gasteiger partial charge in [0.05, 0.1) is 0 Å². The topological polar surface area (TPSA) is 54.9 Å². The van der Waals surface area contributed by atoms with Crippen LogP contribution < -0.4 is 5.32 Å². The van der Waals surface area contributed by atoms with Crippen molar-refractivity contribution in [2.45, 2.75) is 32.6 Å². The molecule has 1 aromatic carbocycles. The van der Waals surface area contributed by atoms with Crippen molar-refractivity contribution in [3.63, 3.8) is 0 Å². The number of nitrogens with zero attached hydrogens (tertiary/aromatic N) is 2. The highest BCUT2D eigenvalue weighted by molar-refractivity contribution is 7.15. The Morgan fingerprint density at radius 2 is 2.00 bits per heavy atom. The van der Waals surface area contributed by atoms with Crippen LogP contribution in [0.1, 0.15) is 29.0 Å². The van der Waals surface area contributed by atoms with E-state index in [-0.39, 0.29) is 5.91 Å². The van der Waals surface area contributed by atoms with E-state index in [9.17, 15) is 4.79 Å². The molecule has 0 saturated heterocycles. The Bertz CT molecular complexity index is 583. The van der Waals surface area contributed by atoms with Gasteiger partial charge in [-0.25, -0.2) is 0 Å². The monoisotopic (exact) mass is 323 g/mol. The minimum Gasteiger partial charge on any atom is -0.301 e. The van der Waals surface area contributed by atoms with Gasteiger partial charge >= 0.3 is 0 Å². The fraction of sp³-hybridized carbons (Fsp3) is 0.400. The van der Waals surface area contributed by atoms with E-state index < -0.39 is 0 Å². The van der Waals surface area contributed by atoms with Crippen molar-refractivity contribution in [3.05, 3.63) is 40.4 Å². The molecule has 2 aromatic rings. The zero-order valence-electron chi connectivity index (χ0n) is 11.9. The summed E-state index contributed by atoms with van der Waals surface area (Å²) in [7, 11) is 0. The number of nitrogens with one attached hydrogen (secondary N) is 1. The predicted molar refractivity (Wildman–Crippen MR) is 87.1 cm³/mol. The molecule has 6 heteroatoms. The van der Waals surface area contributed by atoms with Crippen LogP contribution in [0.15, 0.2) is 24.3 Å². The van der Waals surface area contributed by atoms with Crippen molar-refractivity contribution in [2.75, 3.05) is 11.2 Å². The number of aryl methyl sites for hydroxylation is 3. The normalized spacial score (nSPS) is 10.6. The molecule has 0 spiro atoms. The molecule has 0 fully saturated rings. The average Bonchev–Trinajstić information content (AvgIpc) is 2.92. The average molecular weight is 324 g/mol. The zero-order chi connectivity index (χ0) is 15.1. The second kappa shape index (κ2) is 8.10. The van der Waals surface area contributed by atoms with Gasteiger partial charge in [0.15, 0.2) is 0 Å². The molecule has 0 aliphatic heterocycles. The molecule has 0 bridgehead atoms. The van der Waals surface area contributed by atoms with E-state index in [2.05, 4.69) is 39.8 Å². The molecule has 0 aliphatic carbocycles. The molecule has 0 atom stereocenters. The van der Waals surface area contributed by atoms with E-state index in [1.165, 1.54) is 16.9 Å². The molecule has 0 aliphatic rings. The van der Waals surface area contributed by atoms with Crippen molar-refractivity contribution < 1.29 is 4.79 Å². The first-order valence-corrected chi connectivity index (χ1v) is 8.26. The van der Waals surface area contributed by atoms with Gasteiger partial charge in [-0.3, -0.25) is 4.79 Å². The van der Waals surface area contributed by atoms with Crippen LogP contribution in [0.3, 0.4) is 0 Å². The summed E-state index contributed by atoms with van der Waals surface area (Å²) in [5.41, 5.74) is 2.39. The first kappa shape index (κ1) is 15.9. The number of benzene rings is 1. The van der Waals surface area contributed by atoms with Crippen LogP contribution in [0.25, 0.3) is 0 Å². The first-order chi connectivity index (χ1) is 10.2. The molecule has 0 unspecified atom stereocenters. The van der Waals surface area contributed by atoms with Crippen LogP contribution in [0.2, 0.25) is 0 Å². The van der Waals surface area contributed by atoms with Crippen LogP contribution in [0, 0.1) is 6.92 Å². The SMILES string of the molecule is Cc1ccc(CCC(=O)Nc2nnc(CCCCl)s2)cc1. The Balaban J connectivity index is 1.78. The molecule has 1 heterocycles. The highest BCUT2D eigenvalue weighted by atomic mass is 35.5. The molecule has 21 heavy (non-hydrogen) atoms. The number of hydrogen-bond donors (Lipinski definition) is 1. The van der Waals surface area contributed by atoms with E-state index >= 15 is 0 Å².